The van der Waals surface area contributed by atoms with Crippen molar-refractivity contribution in [2.45, 2.75) is 4.94 Å². The Kier molecular flexibility index (Phi) is 4.98. The third-order valence-corrected chi connectivity index (χ3v) is 13.9. The van der Waals surface area contributed by atoms with Gasteiger partial charge in [0.15, 0.2) is 0 Å². The molecule has 4 rings (SSSR count). The van der Waals surface area contributed by atoms with Crippen molar-refractivity contribution in [3.05, 3.63) is 90.6 Å². The summed E-state index contributed by atoms with van der Waals surface area (Å²) in [6.07, 6.45) is 4.73. The maximum atomic E-state index is 11.7. The first-order valence-corrected chi connectivity index (χ1v) is 13.0. The summed E-state index contributed by atoms with van der Waals surface area (Å²) in [5, 5.41) is 11.6. The SMILES string of the molecule is COC(=O)c1ccc([CH](O)[Ge]([c]2ccco2)([c]2ccco2)[c]2ccco2)cc1. The van der Waals surface area contributed by atoms with Crippen LogP contribution in [0.15, 0.2) is 92.7 Å². The van der Waals surface area contributed by atoms with Crippen molar-refractivity contribution in [3.63, 3.8) is 0 Å². The van der Waals surface area contributed by atoms with Crippen LogP contribution in [0.2, 0.25) is 0 Å². The molecule has 7 heteroatoms. The number of ether oxygens (including phenoxy) is 1. The second-order valence-corrected chi connectivity index (χ2v) is 13.9. The molecule has 1 N–H and O–H groups in total. The average molecular weight is 439 g/mol. The number of furan rings is 3. The first kappa shape index (κ1) is 18.4. The van der Waals surface area contributed by atoms with Crippen LogP contribution in [0, 0.1) is 0 Å². The summed E-state index contributed by atoms with van der Waals surface area (Å²) in [7, 11) is 1.33. The molecule has 1 atom stereocenters. The Morgan fingerprint density at radius 2 is 1.32 bits per heavy atom. The predicted octanol–water partition coefficient (Wildman–Crippen LogP) is 2.00. The standard InChI is InChI=1S/C21H18GeO6/c1-25-21(24)16-10-8-15(9-11-16)20(23)22(17-5-2-12-26-17,18-6-3-13-27-18)19-7-4-14-28-19/h2-14,20,23H,1H3. The van der Waals surface area contributed by atoms with Crippen molar-refractivity contribution in [1.82, 2.24) is 0 Å². The molecule has 6 nitrogen and oxygen atoms in total. The third kappa shape index (κ3) is 2.91. The van der Waals surface area contributed by atoms with Crippen molar-refractivity contribution in [3.8, 4) is 0 Å². The summed E-state index contributed by atoms with van der Waals surface area (Å²) < 4.78 is 24.1. The van der Waals surface area contributed by atoms with E-state index >= 15 is 0 Å². The Bertz CT molecular complexity index is 933. The van der Waals surface area contributed by atoms with Crippen LogP contribution in [0.25, 0.3) is 0 Å². The van der Waals surface area contributed by atoms with Gasteiger partial charge in [0, 0.05) is 0 Å². The molecule has 4 aromatic rings. The average Bonchev–Trinajstić information content (AvgIpc) is 3.52. The summed E-state index contributed by atoms with van der Waals surface area (Å²) in [4.78, 5) is 10.8. The summed E-state index contributed by atoms with van der Waals surface area (Å²) in [5.41, 5.74) is 1.04. The molecule has 1 unspecified atom stereocenters. The second-order valence-electron chi connectivity index (χ2n) is 6.26. The Labute approximate surface area is 163 Å². The molecule has 0 saturated carbocycles. The van der Waals surface area contributed by atoms with E-state index < -0.39 is 24.2 Å². The maximum absolute atomic E-state index is 11.7. The van der Waals surface area contributed by atoms with Crippen LogP contribution in [-0.2, 0) is 4.74 Å². The van der Waals surface area contributed by atoms with Crippen LogP contribution in [0.5, 0.6) is 0 Å². The minimum absolute atomic E-state index is 0.408. The number of aliphatic hydroxyl groups is 1. The van der Waals surface area contributed by atoms with Crippen molar-refractivity contribution < 1.29 is 27.9 Å². The molecular formula is C21H18GeO6. The number of carbonyl (C=O) groups is 1. The molecule has 1 aromatic carbocycles. The zero-order chi connectivity index (χ0) is 19.6. The number of aliphatic hydroxyl groups excluding tert-OH is 1. The van der Waals surface area contributed by atoms with E-state index in [9.17, 15) is 9.90 Å². The third-order valence-electron chi connectivity index (χ3n) is 4.79. The first-order chi connectivity index (χ1) is 13.7. The van der Waals surface area contributed by atoms with Gasteiger partial charge in [-0.25, -0.2) is 0 Å². The van der Waals surface area contributed by atoms with Crippen LogP contribution in [0.3, 0.4) is 0 Å². The number of carbonyl (C=O) groups excluding carboxylic acids is 1. The fourth-order valence-corrected chi connectivity index (χ4v) is 12.0. The van der Waals surface area contributed by atoms with E-state index in [-0.39, 0.29) is 0 Å². The molecule has 0 fully saturated rings. The van der Waals surface area contributed by atoms with Crippen molar-refractivity contribution in [1.29, 1.82) is 0 Å². The summed E-state index contributed by atoms with van der Waals surface area (Å²) in [6, 6.07) is 17.6. The molecular weight excluding hydrogens is 421 g/mol. The molecule has 0 amide bonds. The molecule has 3 heterocycles. The monoisotopic (exact) mass is 440 g/mol. The topological polar surface area (TPSA) is 86.0 Å². The van der Waals surface area contributed by atoms with Crippen LogP contribution in [-0.4, -0.2) is 31.5 Å². The zero-order valence-corrected chi connectivity index (χ0v) is 17.2. The van der Waals surface area contributed by atoms with E-state index in [1.54, 1.807) is 61.3 Å². The minimum atomic E-state index is -3.92. The van der Waals surface area contributed by atoms with E-state index in [0.717, 1.165) is 0 Å². The summed E-state index contributed by atoms with van der Waals surface area (Å²) in [6.45, 7) is 0. The van der Waals surface area contributed by atoms with Gasteiger partial charge in [-0.15, -0.1) is 0 Å². The zero-order valence-electron chi connectivity index (χ0n) is 15.1. The molecule has 0 radical (unpaired) electrons. The van der Waals surface area contributed by atoms with Gasteiger partial charge in [-0.2, -0.15) is 0 Å². The molecule has 3 aromatic heterocycles. The van der Waals surface area contributed by atoms with Gasteiger partial charge in [-0.3, -0.25) is 0 Å². The fraction of sp³-hybridized carbons (Fsp3) is 0.0952. The van der Waals surface area contributed by atoms with Gasteiger partial charge in [0.2, 0.25) is 0 Å². The number of methoxy groups -OCH3 is 1. The molecule has 0 aliphatic rings. The van der Waals surface area contributed by atoms with Gasteiger partial charge in [0.05, 0.1) is 0 Å². The quantitative estimate of drug-likeness (QED) is 0.366. The predicted molar refractivity (Wildman–Crippen MR) is 104 cm³/mol. The van der Waals surface area contributed by atoms with Gasteiger partial charge < -0.3 is 0 Å². The van der Waals surface area contributed by atoms with Crippen molar-refractivity contribution in [2.24, 2.45) is 0 Å². The second kappa shape index (κ2) is 7.57. The number of benzene rings is 1. The van der Waals surface area contributed by atoms with E-state index in [1.807, 2.05) is 18.2 Å². The van der Waals surface area contributed by atoms with E-state index in [4.69, 9.17) is 18.0 Å². The number of esters is 1. The van der Waals surface area contributed by atoms with E-state index in [1.165, 1.54) is 7.11 Å². The number of hydrogen-bond acceptors (Lipinski definition) is 6. The van der Waals surface area contributed by atoms with E-state index in [0.29, 0.717) is 24.9 Å². The van der Waals surface area contributed by atoms with Crippen LogP contribution < -0.4 is 13.8 Å². The molecule has 0 bridgehead atoms. The summed E-state index contributed by atoms with van der Waals surface area (Å²) >= 11 is -3.92. The van der Waals surface area contributed by atoms with Gasteiger partial charge >= 0.3 is 164 Å². The van der Waals surface area contributed by atoms with Gasteiger partial charge in [-0.1, -0.05) is 0 Å². The van der Waals surface area contributed by atoms with Gasteiger partial charge in [0.1, 0.15) is 0 Å². The first-order valence-electron chi connectivity index (χ1n) is 8.66. The molecule has 0 saturated heterocycles. The van der Waals surface area contributed by atoms with Gasteiger partial charge in [0.25, 0.3) is 0 Å². The van der Waals surface area contributed by atoms with Crippen molar-refractivity contribution in [2.75, 3.05) is 7.11 Å². The summed E-state index contributed by atoms with van der Waals surface area (Å²) in [5.74, 6) is -0.433. The normalized spacial score (nSPS) is 12.6. The van der Waals surface area contributed by atoms with Crippen molar-refractivity contribution >= 4 is 33.0 Å². The molecule has 28 heavy (non-hydrogen) atoms. The molecule has 0 aliphatic carbocycles. The Balaban J connectivity index is 1.90. The van der Waals surface area contributed by atoms with Gasteiger partial charge in [-0.05, 0) is 0 Å². The van der Waals surface area contributed by atoms with Crippen LogP contribution >= 0.6 is 0 Å². The molecule has 0 spiro atoms. The Hall–Kier alpha value is -2.97. The Morgan fingerprint density at radius 1 is 0.857 bits per heavy atom. The fourth-order valence-electron chi connectivity index (χ4n) is 3.45. The molecule has 142 valence electrons. The number of hydrogen-bond donors (Lipinski definition) is 1. The Morgan fingerprint density at radius 3 is 1.68 bits per heavy atom. The van der Waals surface area contributed by atoms with E-state index in [2.05, 4.69) is 0 Å². The van der Waals surface area contributed by atoms with Crippen LogP contribution in [0.1, 0.15) is 20.9 Å². The van der Waals surface area contributed by atoms with Crippen LogP contribution in [0.4, 0.5) is 0 Å². The molecule has 0 aliphatic heterocycles. The number of rotatable bonds is 6.